The predicted octanol–water partition coefficient (Wildman–Crippen LogP) is 2.32. The van der Waals surface area contributed by atoms with Gasteiger partial charge in [-0.25, -0.2) is 9.49 Å². The first-order valence-corrected chi connectivity index (χ1v) is 10.2. The van der Waals surface area contributed by atoms with Crippen LogP contribution in [0.25, 0.3) is 22.0 Å². The van der Waals surface area contributed by atoms with Gasteiger partial charge in [0.05, 0.1) is 16.4 Å². The van der Waals surface area contributed by atoms with Gasteiger partial charge in [0.1, 0.15) is 13.0 Å². The van der Waals surface area contributed by atoms with E-state index in [1.165, 1.54) is 6.07 Å². The van der Waals surface area contributed by atoms with Crippen molar-refractivity contribution >= 4 is 23.2 Å². The molecule has 0 atom stereocenters. The molecule has 2 aromatic carbocycles. The highest BCUT2D eigenvalue weighted by molar-refractivity contribution is 7.72. The van der Waals surface area contributed by atoms with Crippen LogP contribution in [0, 0.1) is 5.82 Å². The van der Waals surface area contributed by atoms with Crippen LogP contribution >= 0.6 is 7.14 Å². The molecule has 0 aliphatic carbocycles. The molecular weight excluding hydrogens is 340 g/mol. The number of fused-ring (bicyclic) bond motifs is 1. The van der Waals surface area contributed by atoms with Crippen LogP contribution < -0.4 is 16.2 Å². The molecule has 0 radical (unpaired) electrons. The Labute approximate surface area is 143 Å². The zero-order valence-electron chi connectivity index (χ0n) is 13.5. The third kappa shape index (κ3) is 2.71. The maximum Gasteiger partial charge on any atom is 0.272 e. The molecule has 0 spiro atoms. The van der Waals surface area contributed by atoms with Gasteiger partial charge < -0.3 is 9.88 Å². The fourth-order valence-corrected chi connectivity index (χ4v) is 6.21. The Morgan fingerprint density at radius 1 is 1.00 bits per heavy atom. The molecule has 0 unspecified atom stereocenters. The van der Waals surface area contributed by atoms with Gasteiger partial charge in [0.2, 0.25) is 0 Å². The van der Waals surface area contributed by atoms with E-state index in [2.05, 4.69) is 15.5 Å². The summed E-state index contributed by atoms with van der Waals surface area (Å²) in [6.45, 7) is 1.20. The summed E-state index contributed by atoms with van der Waals surface area (Å²) in [5, 5.41) is 11.2. The zero-order chi connectivity index (χ0) is 17.4. The Morgan fingerprint density at radius 2 is 1.72 bits per heavy atom. The van der Waals surface area contributed by atoms with Crippen molar-refractivity contribution in [3.8, 4) is 11.3 Å². The first-order chi connectivity index (χ1) is 12.1. The molecular formula is C18H17FN3O2P. The van der Waals surface area contributed by atoms with E-state index in [4.69, 9.17) is 0 Å². The van der Waals surface area contributed by atoms with Crippen LogP contribution in [0.5, 0.6) is 0 Å². The van der Waals surface area contributed by atoms with E-state index >= 15 is 0 Å². The van der Waals surface area contributed by atoms with Crippen LogP contribution in [0.1, 0.15) is 0 Å². The second-order valence-corrected chi connectivity index (χ2v) is 9.29. The van der Waals surface area contributed by atoms with E-state index in [0.717, 1.165) is 0 Å². The molecule has 1 saturated heterocycles. The molecule has 0 amide bonds. The van der Waals surface area contributed by atoms with Crippen molar-refractivity contribution in [3.63, 3.8) is 0 Å². The summed E-state index contributed by atoms with van der Waals surface area (Å²) in [5.74, 6) is -0.472. The third-order valence-corrected chi connectivity index (χ3v) is 7.81. The summed E-state index contributed by atoms with van der Waals surface area (Å²) in [7, 11) is -2.87. The number of nitrogens with zero attached hydrogens (tertiary/aromatic N) is 1. The van der Waals surface area contributed by atoms with E-state index in [1.807, 2.05) is 0 Å². The topological polar surface area (TPSA) is 74.8 Å². The smallest absolute Gasteiger partial charge is 0.272 e. The SMILES string of the molecule is O=c1[nH]nc(-c2cccc(F)c2P2(=O)CCNCC2)c2ccccc12. The quantitative estimate of drug-likeness (QED) is 0.691. The van der Waals surface area contributed by atoms with E-state index in [0.29, 0.717) is 47.4 Å². The number of rotatable bonds is 2. The Bertz CT molecular complexity index is 1050. The second-order valence-electron chi connectivity index (χ2n) is 6.17. The van der Waals surface area contributed by atoms with Gasteiger partial charge in [-0.15, -0.1) is 0 Å². The minimum Gasteiger partial charge on any atom is -0.318 e. The van der Waals surface area contributed by atoms with Crippen LogP contribution in [0.2, 0.25) is 0 Å². The van der Waals surface area contributed by atoms with Gasteiger partial charge in [-0.3, -0.25) is 4.79 Å². The highest BCUT2D eigenvalue weighted by Gasteiger charge is 2.33. The number of aromatic nitrogens is 2. The Balaban J connectivity index is 2.03. The number of hydrogen-bond donors (Lipinski definition) is 2. The molecule has 4 rings (SSSR count). The van der Waals surface area contributed by atoms with E-state index in [-0.39, 0.29) is 10.9 Å². The lowest BCUT2D eigenvalue weighted by atomic mass is 10.0. The average Bonchev–Trinajstić information content (AvgIpc) is 2.62. The third-order valence-electron chi connectivity index (χ3n) is 4.65. The molecule has 1 fully saturated rings. The minimum absolute atomic E-state index is 0.251. The van der Waals surface area contributed by atoms with Crippen molar-refractivity contribution in [2.24, 2.45) is 0 Å². The van der Waals surface area contributed by atoms with Gasteiger partial charge in [0.25, 0.3) is 5.56 Å². The second kappa shape index (κ2) is 6.21. The molecule has 1 aliphatic rings. The Morgan fingerprint density at radius 3 is 2.48 bits per heavy atom. The fraction of sp³-hybridized carbons (Fsp3) is 0.222. The molecule has 5 nitrogen and oxygen atoms in total. The summed E-state index contributed by atoms with van der Waals surface area (Å²) < 4.78 is 28.2. The van der Waals surface area contributed by atoms with Crippen LogP contribution in [0.3, 0.4) is 0 Å². The molecule has 2 N–H and O–H groups in total. The number of halogens is 1. The molecule has 25 heavy (non-hydrogen) atoms. The first-order valence-electron chi connectivity index (χ1n) is 8.16. The molecule has 0 saturated carbocycles. The molecule has 0 bridgehead atoms. The van der Waals surface area contributed by atoms with Crippen molar-refractivity contribution in [2.75, 3.05) is 25.4 Å². The molecule has 3 aromatic rings. The van der Waals surface area contributed by atoms with Gasteiger partial charge >= 0.3 is 0 Å². The van der Waals surface area contributed by atoms with Crippen LogP contribution in [-0.4, -0.2) is 35.6 Å². The summed E-state index contributed by atoms with van der Waals surface area (Å²) in [6.07, 6.45) is 0.838. The largest absolute Gasteiger partial charge is 0.318 e. The normalized spacial score (nSPS) is 16.8. The lowest BCUT2D eigenvalue weighted by Crippen LogP contribution is -2.33. The lowest BCUT2D eigenvalue weighted by Gasteiger charge is -2.26. The maximum atomic E-state index is 14.8. The van der Waals surface area contributed by atoms with Gasteiger partial charge in [-0.05, 0) is 12.1 Å². The van der Waals surface area contributed by atoms with E-state index in [1.54, 1.807) is 36.4 Å². The molecule has 1 aliphatic heterocycles. The highest BCUT2D eigenvalue weighted by Crippen LogP contribution is 2.48. The monoisotopic (exact) mass is 357 g/mol. The molecule has 2 heterocycles. The predicted molar refractivity (Wildman–Crippen MR) is 97.6 cm³/mol. The van der Waals surface area contributed by atoms with Gasteiger partial charge in [-0.1, -0.05) is 30.3 Å². The van der Waals surface area contributed by atoms with Crippen molar-refractivity contribution < 1.29 is 8.96 Å². The summed E-state index contributed by atoms with van der Waals surface area (Å²) >= 11 is 0. The number of aromatic amines is 1. The molecule has 128 valence electrons. The first kappa shape index (κ1) is 16.2. The summed E-state index contributed by atoms with van der Waals surface area (Å²) in [5.41, 5.74) is 0.655. The molecule has 7 heteroatoms. The standard InChI is InChI=1S/C18H17FN3O2P/c19-15-7-3-6-14(17(15)25(24)10-8-20-9-11-25)16-12-4-1-2-5-13(12)18(23)22-21-16/h1-7,20H,8-11H2,(H,22,23). The number of nitrogens with one attached hydrogen (secondary N) is 2. The number of hydrogen-bond acceptors (Lipinski definition) is 4. The summed E-state index contributed by atoms with van der Waals surface area (Å²) in [6, 6.07) is 11.7. The van der Waals surface area contributed by atoms with Crippen LogP contribution in [-0.2, 0) is 4.57 Å². The van der Waals surface area contributed by atoms with Crippen molar-refractivity contribution in [1.82, 2.24) is 15.5 Å². The van der Waals surface area contributed by atoms with Crippen LogP contribution in [0.15, 0.2) is 47.3 Å². The Kier molecular flexibility index (Phi) is 4.02. The minimum atomic E-state index is -2.87. The van der Waals surface area contributed by atoms with Crippen molar-refractivity contribution in [2.45, 2.75) is 0 Å². The fourth-order valence-electron chi connectivity index (χ4n) is 3.42. The highest BCUT2D eigenvalue weighted by atomic mass is 31.2. The molecule has 1 aromatic heterocycles. The van der Waals surface area contributed by atoms with Crippen LogP contribution in [0.4, 0.5) is 4.39 Å². The lowest BCUT2D eigenvalue weighted by molar-refractivity contribution is 0.565. The van der Waals surface area contributed by atoms with Crippen molar-refractivity contribution in [1.29, 1.82) is 0 Å². The van der Waals surface area contributed by atoms with Gasteiger partial charge in [-0.2, -0.15) is 5.10 Å². The Hall–Kier alpha value is -2.30. The van der Waals surface area contributed by atoms with Crippen molar-refractivity contribution in [3.05, 3.63) is 58.6 Å². The van der Waals surface area contributed by atoms with Gasteiger partial charge in [0, 0.05) is 36.4 Å². The number of benzene rings is 2. The van der Waals surface area contributed by atoms with E-state index in [9.17, 15) is 13.8 Å². The number of H-pyrrole nitrogens is 1. The maximum absolute atomic E-state index is 14.8. The zero-order valence-corrected chi connectivity index (χ0v) is 14.4. The average molecular weight is 357 g/mol. The summed E-state index contributed by atoms with van der Waals surface area (Å²) in [4.78, 5) is 12.0. The van der Waals surface area contributed by atoms with Gasteiger partial charge in [0.15, 0.2) is 0 Å². The van der Waals surface area contributed by atoms with E-state index < -0.39 is 13.0 Å².